The summed E-state index contributed by atoms with van der Waals surface area (Å²) in [5.41, 5.74) is 0.856. The van der Waals surface area contributed by atoms with E-state index in [1.165, 1.54) is 104 Å². The molecule has 3 aliphatic rings. The van der Waals surface area contributed by atoms with Gasteiger partial charge >= 0.3 is 47.8 Å². The van der Waals surface area contributed by atoms with Crippen LogP contribution in [0.4, 0.5) is 0 Å². The molecule has 0 spiro atoms. The fourth-order valence-electron chi connectivity index (χ4n) is 15.0. The van der Waals surface area contributed by atoms with Gasteiger partial charge in [-0.1, -0.05) is 257 Å². The first kappa shape index (κ1) is 86.5. The van der Waals surface area contributed by atoms with E-state index in [1.54, 1.807) is 176 Å². The largest absolute Gasteiger partial charge is 0.459 e. The van der Waals surface area contributed by atoms with Gasteiger partial charge in [0.1, 0.15) is 49.8 Å². The van der Waals surface area contributed by atoms with Crippen LogP contribution in [-0.4, -0.2) is 175 Å². The van der Waals surface area contributed by atoms with Crippen LogP contribution < -0.4 is 10.4 Å². The third-order valence-corrected chi connectivity index (χ3v) is 26.1. The molecule has 15 atom stereocenters. The smallest absolute Gasteiger partial charge is 0.338 e. The fraction of sp³-hybridized carbons (Fsp3) is 0.245. The second-order valence-electron chi connectivity index (χ2n) is 30.1. The monoisotopic (exact) mass is 1680 g/mol. The van der Waals surface area contributed by atoms with E-state index in [0.717, 1.165) is 10.4 Å². The van der Waals surface area contributed by atoms with Crippen molar-refractivity contribution < 1.29 is 114 Å². The lowest BCUT2D eigenvalue weighted by atomic mass is 9.94. The SMILES string of the molecule is CO[C@H]1O[C@H](COC(=O)c2ccccc2)[C@@H](O[C@@H]2O[C@H](CO[Si](c3ccccc3)(c3ccccc3)C(C)(C)C)[C@H](OC(=O)c3ccccc3)[C@H](O[C@H]3O[C@H](COC(=O)c4ccccc4)[C@H](OC(=O)c4ccccc4)[C@H](OCc4ccccc4)[C@H]3OC(=O)c3ccccc3)[C@H]2OC(=O)c2ccccc2)[C@H](OC(=O)c2ccccc2)[C@@H]1OC(=O)c1ccccc1. The average Bonchev–Trinajstić information content (AvgIpc) is 0.754. The summed E-state index contributed by atoms with van der Waals surface area (Å²) in [7, 11) is -2.58. The van der Waals surface area contributed by atoms with E-state index >= 15 is 24.0 Å². The summed E-state index contributed by atoms with van der Waals surface area (Å²) >= 11 is 0. The van der Waals surface area contributed by atoms with E-state index in [-0.39, 0.29) is 51.1 Å². The molecule has 14 rings (SSSR count). The zero-order valence-corrected chi connectivity index (χ0v) is 68.5. The fourth-order valence-corrected chi connectivity index (χ4v) is 19.6. The first-order valence-electron chi connectivity index (χ1n) is 40.1. The molecule has 0 aromatic heterocycles. The molecule has 0 unspecified atom stereocenters. The third-order valence-electron chi connectivity index (χ3n) is 21.0. The minimum Gasteiger partial charge on any atom is -0.459 e. The van der Waals surface area contributed by atoms with Crippen LogP contribution in [0.15, 0.2) is 334 Å². The van der Waals surface area contributed by atoms with Gasteiger partial charge in [-0.15, -0.1) is 0 Å². The first-order chi connectivity index (χ1) is 59.9. The zero-order chi connectivity index (χ0) is 85.7. The van der Waals surface area contributed by atoms with Crippen molar-refractivity contribution >= 4 is 66.4 Å². The number of esters is 8. The van der Waals surface area contributed by atoms with E-state index in [9.17, 15) is 14.4 Å². The number of ether oxygens (including phenoxy) is 15. The van der Waals surface area contributed by atoms with Crippen molar-refractivity contribution in [3.8, 4) is 0 Å². The summed E-state index contributed by atoms with van der Waals surface area (Å²) < 4.78 is 111. The second-order valence-corrected chi connectivity index (χ2v) is 34.5. The molecule has 3 fully saturated rings. The van der Waals surface area contributed by atoms with Crippen molar-refractivity contribution in [3.05, 3.63) is 384 Å². The molecule has 123 heavy (non-hydrogen) atoms. The average molecular weight is 1680 g/mol. The summed E-state index contributed by atoms with van der Waals surface area (Å²) in [5, 5.41) is 0.783. The number of rotatable bonds is 31. The Hall–Kier alpha value is -12.9. The molecule has 24 nitrogen and oxygen atoms in total. The quantitative estimate of drug-likeness (QED) is 0.0222. The van der Waals surface area contributed by atoms with Crippen molar-refractivity contribution in [1.82, 2.24) is 0 Å². The second kappa shape index (κ2) is 41.1. The van der Waals surface area contributed by atoms with Crippen LogP contribution in [0.5, 0.6) is 0 Å². The summed E-state index contributed by atoms with van der Waals surface area (Å²) in [4.78, 5) is 121. The molecule has 630 valence electrons. The summed E-state index contributed by atoms with van der Waals surface area (Å²) in [6.45, 7) is 3.74. The number of hydrogen-bond acceptors (Lipinski definition) is 24. The van der Waals surface area contributed by atoms with Gasteiger partial charge < -0.3 is 75.5 Å². The van der Waals surface area contributed by atoms with Crippen LogP contribution >= 0.6 is 0 Å². The summed E-state index contributed by atoms with van der Waals surface area (Å²) in [6, 6.07) is 91.3. The lowest BCUT2D eigenvalue weighted by Crippen LogP contribution is -2.70. The lowest BCUT2D eigenvalue weighted by molar-refractivity contribution is -0.377. The Morgan fingerprint density at radius 1 is 0.276 bits per heavy atom. The van der Waals surface area contributed by atoms with Gasteiger partial charge in [-0.05, 0) is 118 Å². The van der Waals surface area contributed by atoms with Gasteiger partial charge in [-0.3, -0.25) is 0 Å². The maximum absolute atomic E-state index is 15.9. The Morgan fingerprint density at radius 3 is 0.862 bits per heavy atom. The normalized spacial score (nSPS) is 22.5. The number of hydrogen-bond donors (Lipinski definition) is 0. The highest BCUT2D eigenvalue weighted by molar-refractivity contribution is 6.99. The third kappa shape index (κ3) is 21.2. The van der Waals surface area contributed by atoms with E-state index in [1.807, 2.05) is 81.4 Å². The molecule has 0 saturated carbocycles. The van der Waals surface area contributed by atoms with Crippen LogP contribution in [0.3, 0.4) is 0 Å². The van der Waals surface area contributed by atoms with Crippen molar-refractivity contribution in [2.45, 2.75) is 125 Å². The van der Waals surface area contributed by atoms with Gasteiger partial charge in [-0.25, -0.2) is 38.4 Å². The topological polar surface area (TPSA) is 284 Å². The maximum Gasteiger partial charge on any atom is 0.338 e. The van der Waals surface area contributed by atoms with Gasteiger partial charge in [0.15, 0.2) is 55.5 Å². The maximum atomic E-state index is 15.9. The zero-order valence-electron chi connectivity index (χ0n) is 67.5. The Morgan fingerprint density at radius 2 is 0.528 bits per heavy atom. The van der Waals surface area contributed by atoms with Gasteiger partial charge in [0.05, 0.1) is 57.7 Å². The Kier molecular flexibility index (Phi) is 28.9. The Balaban J connectivity index is 1.01. The van der Waals surface area contributed by atoms with Gasteiger partial charge in [0.25, 0.3) is 8.32 Å². The molecule has 0 bridgehead atoms. The van der Waals surface area contributed by atoms with E-state index in [2.05, 4.69) is 0 Å². The van der Waals surface area contributed by atoms with Crippen LogP contribution in [0.2, 0.25) is 5.04 Å². The van der Waals surface area contributed by atoms with Crippen LogP contribution in [0.1, 0.15) is 109 Å². The molecule has 0 N–H and O–H groups in total. The highest BCUT2D eigenvalue weighted by atomic mass is 28.4. The molecule has 11 aromatic carbocycles. The highest BCUT2D eigenvalue weighted by Crippen LogP contribution is 2.43. The number of methoxy groups -OCH3 is 1. The molecule has 0 amide bonds. The van der Waals surface area contributed by atoms with Crippen LogP contribution in [-0.2, 0) is 82.1 Å². The standard InChI is InChI=1S/C98H90O24Si/c1-98(2,3)123(73-56-34-14-35-57-73,74-58-36-15-37-59-74)111-63-77-79(116-90(102)68-46-24-9-25-47-68)83(122-96-84(118-92(104)70-50-28-11-29-51-70)81(108-60-64-38-16-5-17-39-64)78(115-89(101)67-44-22-8-23-45-67)75(113-96)61-109-87(99)65-40-18-6-19-41-65)86(120-94(106)72-54-32-13-33-55-72)97(114-77)121-80-76(62-110-88(100)66-42-20-7-21-43-66)112-95(107-4)85(119-93(105)71-52-30-12-31-53-71)82(80)117-91(103)69-48-26-10-27-49-69/h5-59,75-86,95-97H,60-63H2,1-4H3/t75-,76-,77-,78+,79+,80-,81+,82+,83+,84-,85+,86-,95+,96-,97+/m1/s1. The summed E-state index contributed by atoms with van der Waals surface area (Å²) in [6.07, 6.45) is -28.6. The number of carbonyl (C=O) groups excluding carboxylic acids is 8. The molecule has 25 heteroatoms. The first-order valence-corrected chi connectivity index (χ1v) is 42.0. The molecular weight excluding hydrogens is 1590 g/mol. The molecule has 0 radical (unpaired) electrons. The summed E-state index contributed by atoms with van der Waals surface area (Å²) in [5.74, 6) is -7.65. The number of carbonyl (C=O) groups is 8. The van der Waals surface area contributed by atoms with Gasteiger partial charge in [-0.2, -0.15) is 0 Å². The molecule has 3 heterocycles. The van der Waals surface area contributed by atoms with Crippen LogP contribution in [0, 0.1) is 0 Å². The van der Waals surface area contributed by atoms with Gasteiger partial charge in [0, 0.05) is 7.11 Å². The predicted octanol–water partition coefficient (Wildman–Crippen LogP) is 13.8. The van der Waals surface area contributed by atoms with Crippen molar-refractivity contribution in [3.63, 3.8) is 0 Å². The minimum absolute atomic E-state index is 0.000421. The minimum atomic E-state index is -3.83. The van der Waals surface area contributed by atoms with Crippen molar-refractivity contribution in [2.24, 2.45) is 0 Å². The van der Waals surface area contributed by atoms with Crippen molar-refractivity contribution in [1.29, 1.82) is 0 Å². The van der Waals surface area contributed by atoms with Crippen molar-refractivity contribution in [2.75, 3.05) is 26.9 Å². The number of benzene rings is 11. The van der Waals surface area contributed by atoms with Crippen LogP contribution in [0.25, 0.3) is 0 Å². The lowest BCUT2D eigenvalue weighted by Gasteiger charge is -2.51. The molecular formula is C98H90O24Si. The molecule has 0 aliphatic carbocycles. The Bertz CT molecular complexity index is 5240. The molecule has 3 saturated heterocycles. The van der Waals surface area contributed by atoms with E-state index in [4.69, 9.17) is 75.5 Å². The Labute approximate surface area is 711 Å². The van der Waals surface area contributed by atoms with E-state index < -0.39 is 173 Å². The molecule has 3 aliphatic heterocycles. The van der Waals surface area contributed by atoms with Gasteiger partial charge in [0.2, 0.25) is 0 Å². The molecule has 11 aromatic rings. The predicted molar refractivity (Wildman–Crippen MR) is 449 cm³/mol. The highest BCUT2D eigenvalue weighted by Gasteiger charge is 2.62. The van der Waals surface area contributed by atoms with E-state index in [0.29, 0.717) is 5.56 Å².